The van der Waals surface area contributed by atoms with Gasteiger partial charge in [0.25, 0.3) is 0 Å². The van der Waals surface area contributed by atoms with Crippen LogP contribution in [0.2, 0.25) is 0 Å². The van der Waals surface area contributed by atoms with E-state index in [1.807, 2.05) is 54.6 Å². The first-order valence-corrected chi connectivity index (χ1v) is 14.8. The maximum atomic E-state index is 14.1. The molecule has 1 fully saturated rings. The fraction of sp³-hybridized carbons (Fsp3) is 0.276. The lowest BCUT2D eigenvalue weighted by molar-refractivity contribution is -0.146. The minimum Gasteiger partial charge on any atom is -0.460 e. The monoisotopic (exact) mass is 594 g/mol. The van der Waals surface area contributed by atoms with Crippen LogP contribution in [0.5, 0.6) is 5.75 Å². The van der Waals surface area contributed by atoms with E-state index in [1.165, 1.54) is 23.8 Å². The number of aromatic nitrogens is 2. The van der Waals surface area contributed by atoms with Crippen LogP contribution in [0, 0.1) is 0 Å². The fourth-order valence-corrected chi connectivity index (χ4v) is 6.01. The lowest BCUT2D eigenvalue weighted by Gasteiger charge is -2.25. The maximum Gasteiger partial charge on any atom is 0.459 e. The summed E-state index contributed by atoms with van der Waals surface area (Å²) in [5, 5.41) is 14.8. The zero-order chi connectivity index (χ0) is 29.7. The third-order valence-electron chi connectivity index (χ3n) is 6.67. The highest BCUT2D eigenvalue weighted by Crippen LogP contribution is 2.47. The summed E-state index contributed by atoms with van der Waals surface area (Å²) in [6.07, 6.45) is -1.38. The number of hydrogen-bond acceptors (Lipinski definition) is 10. The number of aliphatic hydroxyl groups excluding tert-OH is 1. The van der Waals surface area contributed by atoms with E-state index in [9.17, 15) is 19.3 Å². The number of nitrogens with one attached hydrogen (secondary N) is 1. The summed E-state index contributed by atoms with van der Waals surface area (Å²) in [7, 11) is -4.28. The van der Waals surface area contributed by atoms with Crippen molar-refractivity contribution < 1.29 is 33.0 Å². The molecule has 0 amide bonds. The van der Waals surface area contributed by atoms with Crippen molar-refractivity contribution in [2.75, 3.05) is 12.3 Å². The Hall–Kier alpha value is -4.06. The van der Waals surface area contributed by atoms with Crippen LogP contribution in [0.3, 0.4) is 0 Å². The molecule has 12 nitrogen and oxygen atoms in total. The van der Waals surface area contributed by atoms with E-state index in [0.29, 0.717) is 5.39 Å². The average Bonchev–Trinajstić information content (AvgIpc) is 3.35. The number of carbonyl (C=O) groups is 1. The van der Waals surface area contributed by atoms with Crippen molar-refractivity contribution in [1.82, 2.24) is 14.6 Å². The summed E-state index contributed by atoms with van der Waals surface area (Å²) in [4.78, 5) is 28.7. The Balaban J connectivity index is 1.32. The summed E-state index contributed by atoms with van der Waals surface area (Å²) < 4.78 is 38.3. The number of aliphatic hydroxyl groups is 1. The molecular weight excluding hydrogens is 563 g/mol. The molecule has 4 aromatic rings. The van der Waals surface area contributed by atoms with Gasteiger partial charge in [0.15, 0.2) is 0 Å². The first-order valence-electron chi connectivity index (χ1n) is 13.3. The summed E-state index contributed by atoms with van der Waals surface area (Å²) in [6, 6.07) is 22.1. The smallest absolute Gasteiger partial charge is 0.459 e. The minimum absolute atomic E-state index is 0.0316. The zero-order valence-corrected chi connectivity index (χ0v) is 23.6. The second-order valence-corrected chi connectivity index (χ2v) is 11.5. The number of carbonyl (C=O) groups excluding carboxylic acids is 1. The Bertz CT molecular complexity index is 1640. The number of rotatable bonds is 11. The molecule has 1 aliphatic rings. The van der Waals surface area contributed by atoms with Crippen LogP contribution in [0.25, 0.3) is 10.8 Å². The molecule has 0 aliphatic carbocycles. The summed E-state index contributed by atoms with van der Waals surface area (Å²) in [5.41, 5.74) is 5.72. The molecule has 1 aromatic heterocycles. The van der Waals surface area contributed by atoms with Gasteiger partial charge >= 0.3 is 19.4 Å². The number of anilines is 1. The molecule has 220 valence electrons. The van der Waals surface area contributed by atoms with E-state index >= 15 is 0 Å². The van der Waals surface area contributed by atoms with Crippen LogP contribution >= 0.6 is 7.75 Å². The van der Waals surface area contributed by atoms with Gasteiger partial charge < -0.3 is 24.8 Å². The third kappa shape index (κ3) is 7.04. The SMILES string of the molecule is C[C@H](NP(=O)(OC[C@H]1O[C@@H](n2ccc(N)nc2=O)C[C@H]1O)Oc1cccc2ccccc12)C(=O)OCc1ccccc1. The van der Waals surface area contributed by atoms with Gasteiger partial charge in [0.1, 0.15) is 36.5 Å². The van der Waals surface area contributed by atoms with Crippen molar-refractivity contribution in [2.24, 2.45) is 0 Å². The van der Waals surface area contributed by atoms with Gasteiger partial charge in [-0.05, 0) is 30.0 Å². The summed E-state index contributed by atoms with van der Waals surface area (Å²) in [5.74, 6) is -0.348. The number of esters is 1. The molecular formula is C29H31N4O8P. The number of benzene rings is 3. The Morgan fingerprint density at radius 1 is 1.14 bits per heavy atom. The molecule has 1 aliphatic heterocycles. The number of nitrogens with zero attached hydrogens (tertiary/aromatic N) is 2. The van der Waals surface area contributed by atoms with Crippen LogP contribution in [0.1, 0.15) is 25.1 Å². The van der Waals surface area contributed by atoms with Crippen LogP contribution in [0.15, 0.2) is 89.9 Å². The molecule has 3 aromatic carbocycles. The second-order valence-electron chi connectivity index (χ2n) is 9.78. The van der Waals surface area contributed by atoms with Crippen LogP contribution in [-0.2, 0) is 30.0 Å². The summed E-state index contributed by atoms with van der Waals surface area (Å²) >= 11 is 0. The molecule has 5 rings (SSSR count). The van der Waals surface area contributed by atoms with E-state index in [2.05, 4.69) is 10.1 Å². The molecule has 1 unspecified atom stereocenters. The van der Waals surface area contributed by atoms with Crippen LogP contribution in [0.4, 0.5) is 5.82 Å². The van der Waals surface area contributed by atoms with Gasteiger partial charge in [-0.15, -0.1) is 0 Å². The lowest BCUT2D eigenvalue weighted by atomic mass is 10.1. The van der Waals surface area contributed by atoms with Crippen LogP contribution in [-0.4, -0.2) is 45.5 Å². The highest BCUT2D eigenvalue weighted by molar-refractivity contribution is 7.52. The normalized spacial score (nSPS) is 20.6. The molecule has 42 heavy (non-hydrogen) atoms. The summed E-state index contributed by atoms with van der Waals surface area (Å²) in [6.45, 7) is 1.13. The van der Waals surface area contributed by atoms with Gasteiger partial charge in [-0.25, -0.2) is 9.36 Å². The molecule has 0 saturated carbocycles. The van der Waals surface area contributed by atoms with Crippen molar-refractivity contribution in [3.63, 3.8) is 0 Å². The number of nitrogen functional groups attached to an aromatic ring is 1. The number of hydrogen-bond donors (Lipinski definition) is 3. The van der Waals surface area contributed by atoms with Gasteiger partial charge in [0.2, 0.25) is 0 Å². The average molecular weight is 595 g/mol. The highest BCUT2D eigenvalue weighted by atomic mass is 31.2. The lowest BCUT2D eigenvalue weighted by Crippen LogP contribution is -2.36. The topological polar surface area (TPSA) is 164 Å². The van der Waals surface area contributed by atoms with Gasteiger partial charge in [-0.2, -0.15) is 10.1 Å². The Labute approximate surface area is 241 Å². The largest absolute Gasteiger partial charge is 0.460 e. The van der Waals surface area contributed by atoms with E-state index in [-0.39, 0.29) is 31.2 Å². The van der Waals surface area contributed by atoms with E-state index in [1.54, 1.807) is 18.2 Å². The molecule has 0 bridgehead atoms. The van der Waals surface area contributed by atoms with Crippen LogP contribution < -0.4 is 21.0 Å². The predicted octanol–water partition coefficient (Wildman–Crippen LogP) is 3.55. The fourth-order valence-electron chi connectivity index (χ4n) is 4.49. The molecule has 5 atom stereocenters. The quantitative estimate of drug-likeness (QED) is 0.172. The Morgan fingerprint density at radius 2 is 1.88 bits per heavy atom. The Morgan fingerprint density at radius 3 is 2.67 bits per heavy atom. The Kier molecular flexibility index (Phi) is 9.00. The maximum absolute atomic E-state index is 14.1. The minimum atomic E-state index is -4.28. The molecule has 4 N–H and O–H groups in total. The number of ether oxygens (including phenoxy) is 2. The van der Waals surface area contributed by atoms with E-state index < -0.39 is 43.9 Å². The predicted molar refractivity (Wildman–Crippen MR) is 154 cm³/mol. The molecule has 0 radical (unpaired) electrons. The van der Waals surface area contributed by atoms with Crippen molar-refractivity contribution in [1.29, 1.82) is 0 Å². The first kappa shape index (κ1) is 29.4. The molecule has 0 spiro atoms. The van der Waals surface area contributed by atoms with Crippen molar-refractivity contribution in [2.45, 2.75) is 44.4 Å². The number of nitrogens with two attached hydrogens (primary N) is 1. The van der Waals surface area contributed by atoms with Gasteiger partial charge in [0.05, 0.1) is 12.7 Å². The van der Waals surface area contributed by atoms with Crippen molar-refractivity contribution in [3.05, 3.63) is 101 Å². The second kappa shape index (κ2) is 12.8. The zero-order valence-electron chi connectivity index (χ0n) is 22.7. The first-order chi connectivity index (χ1) is 20.2. The molecule has 13 heteroatoms. The van der Waals surface area contributed by atoms with E-state index in [0.717, 1.165) is 10.9 Å². The van der Waals surface area contributed by atoms with Crippen molar-refractivity contribution >= 4 is 30.3 Å². The van der Waals surface area contributed by atoms with Gasteiger partial charge in [0, 0.05) is 18.0 Å². The van der Waals surface area contributed by atoms with E-state index in [4.69, 9.17) is 24.3 Å². The van der Waals surface area contributed by atoms with Gasteiger partial charge in [-0.1, -0.05) is 66.7 Å². The van der Waals surface area contributed by atoms with Crippen molar-refractivity contribution in [3.8, 4) is 5.75 Å². The molecule has 1 saturated heterocycles. The highest BCUT2D eigenvalue weighted by Gasteiger charge is 2.39. The number of fused-ring (bicyclic) bond motifs is 1. The van der Waals surface area contributed by atoms with Gasteiger partial charge in [-0.3, -0.25) is 13.9 Å². The third-order valence-corrected chi connectivity index (χ3v) is 8.30. The standard InChI is InChI=1S/C29H31N4O8P/c1-19(28(35)38-17-20-8-3-2-4-9-20)32-42(37,41-24-13-7-11-21-10-5-6-12-22(21)24)39-18-25-23(34)16-27(40-25)33-15-14-26(30)31-29(33)36/h2-15,19,23,25,27,34H,16-18H2,1H3,(H,32,37)(H2,30,31,36)/t19-,23+,25+,27+,42?/m0/s1. The molecule has 2 heterocycles.